The van der Waals surface area contributed by atoms with Gasteiger partial charge in [0.15, 0.2) is 6.10 Å². The molecule has 0 spiro atoms. The van der Waals surface area contributed by atoms with Gasteiger partial charge in [0, 0.05) is 37.3 Å². The molecule has 2 aromatic rings. The number of carbonyl (C=O) groups excluding carboxylic acids is 2. The molecule has 0 bridgehead atoms. The Morgan fingerprint density at radius 1 is 1.00 bits per heavy atom. The minimum Gasteiger partial charge on any atom is -0.481 e. The van der Waals surface area contributed by atoms with E-state index < -0.39 is 23.6 Å². The van der Waals surface area contributed by atoms with Gasteiger partial charge in [-0.3, -0.25) is 9.59 Å². The van der Waals surface area contributed by atoms with Crippen molar-refractivity contribution in [2.75, 3.05) is 26.2 Å². The Morgan fingerprint density at radius 3 is 2.21 bits per heavy atom. The third-order valence-electron chi connectivity index (χ3n) is 4.51. The molecule has 1 aliphatic rings. The Hall–Kier alpha value is -2.67. The van der Waals surface area contributed by atoms with Crippen LogP contribution in [0, 0.1) is 11.6 Å². The van der Waals surface area contributed by atoms with Crippen LogP contribution >= 0.6 is 11.6 Å². The molecule has 1 fully saturated rings. The SMILES string of the molecule is CC(Oc1ccc(Cl)cc1)C(=O)N1CCN(C(=O)c2ccc(F)cc2F)CC1. The summed E-state index contributed by atoms with van der Waals surface area (Å²) < 4.78 is 32.5. The number of carbonyl (C=O) groups is 2. The fraction of sp³-hybridized carbons (Fsp3) is 0.300. The Balaban J connectivity index is 1.56. The van der Waals surface area contributed by atoms with Crippen molar-refractivity contribution >= 4 is 23.4 Å². The molecule has 2 amide bonds. The van der Waals surface area contributed by atoms with Crippen LogP contribution in [0.15, 0.2) is 42.5 Å². The topological polar surface area (TPSA) is 49.9 Å². The van der Waals surface area contributed by atoms with Crippen molar-refractivity contribution in [1.82, 2.24) is 9.80 Å². The molecular weight excluding hydrogens is 390 g/mol. The highest BCUT2D eigenvalue weighted by molar-refractivity contribution is 6.30. The van der Waals surface area contributed by atoms with Gasteiger partial charge in [0.2, 0.25) is 0 Å². The van der Waals surface area contributed by atoms with E-state index in [4.69, 9.17) is 16.3 Å². The summed E-state index contributed by atoms with van der Waals surface area (Å²) >= 11 is 5.83. The van der Waals surface area contributed by atoms with E-state index in [0.29, 0.717) is 29.9 Å². The zero-order valence-corrected chi connectivity index (χ0v) is 16.0. The largest absolute Gasteiger partial charge is 0.481 e. The molecule has 148 valence electrons. The van der Waals surface area contributed by atoms with Crippen molar-refractivity contribution < 1.29 is 23.1 Å². The van der Waals surface area contributed by atoms with Gasteiger partial charge in [-0.15, -0.1) is 0 Å². The van der Waals surface area contributed by atoms with Gasteiger partial charge >= 0.3 is 0 Å². The van der Waals surface area contributed by atoms with Crippen LogP contribution in [-0.4, -0.2) is 53.9 Å². The fourth-order valence-electron chi connectivity index (χ4n) is 2.99. The van der Waals surface area contributed by atoms with Crippen molar-refractivity contribution in [3.8, 4) is 5.75 Å². The second-order valence-corrected chi connectivity index (χ2v) is 6.89. The van der Waals surface area contributed by atoms with Crippen LogP contribution in [0.5, 0.6) is 5.75 Å². The lowest BCUT2D eigenvalue weighted by molar-refractivity contribution is -0.139. The van der Waals surface area contributed by atoms with Crippen LogP contribution in [-0.2, 0) is 4.79 Å². The minimum absolute atomic E-state index is 0.180. The molecule has 1 atom stereocenters. The van der Waals surface area contributed by atoms with E-state index >= 15 is 0 Å². The molecule has 0 aliphatic carbocycles. The summed E-state index contributed by atoms with van der Waals surface area (Å²) in [6.07, 6.45) is -0.696. The first-order valence-electron chi connectivity index (χ1n) is 8.80. The first-order chi connectivity index (χ1) is 13.3. The predicted molar refractivity (Wildman–Crippen MR) is 100 cm³/mol. The average Bonchev–Trinajstić information content (AvgIpc) is 2.69. The number of halogens is 3. The van der Waals surface area contributed by atoms with Crippen molar-refractivity contribution in [2.45, 2.75) is 13.0 Å². The zero-order chi connectivity index (χ0) is 20.3. The normalized spacial score (nSPS) is 15.3. The third-order valence-corrected chi connectivity index (χ3v) is 4.77. The molecule has 5 nitrogen and oxygen atoms in total. The summed E-state index contributed by atoms with van der Waals surface area (Å²) in [6, 6.07) is 9.57. The first kappa shape index (κ1) is 20.1. The van der Waals surface area contributed by atoms with Crippen LogP contribution in [0.1, 0.15) is 17.3 Å². The van der Waals surface area contributed by atoms with Gasteiger partial charge in [-0.2, -0.15) is 0 Å². The molecule has 28 heavy (non-hydrogen) atoms. The number of ether oxygens (including phenoxy) is 1. The molecule has 8 heteroatoms. The predicted octanol–water partition coefficient (Wildman–Crippen LogP) is 3.37. The van der Waals surface area contributed by atoms with Crippen molar-refractivity contribution in [3.05, 3.63) is 64.7 Å². The quantitative estimate of drug-likeness (QED) is 0.779. The maximum absolute atomic E-state index is 13.8. The molecule has 1 aliphatic heterocycles. The summed E-state index contributed by atoms with van der Waals surface area (Å²) in [5.74, 6) is -1.82. The van der Waals surface area contributed by atoms with E-state index in [1.807, 2.05) is 0 Å². The van der Waals surface area contributed by atoms with Gasteiger partial charge in [-0.25, -0.2) is 8.78 Å². The fourth-order valence-corrected chi connectivity index (χ4v) is 3.11. The lowest BCUT2D eigenvalue weighted by Crippen LogP contribution is -2.53. The highest BCUT2D eigenvalue weighted by Gasteiger charge is 2.29. The minimum atomic E-state index is -0.895. The van der Waals surface area contributed by atoms with Crippen molar-refractivity contribution in [1.29, 1.82) is 0 Å². The molecule has 0 saturated carbocycles. The van der Waals surface area contributed by atoms with E-state index in [0.717, 1.165) is 12.1 Å². The summed E-state index contributed by atoms with van der Waals surface area (Å²) in [4.78, 5) is 28.1. The molecule has 0 N–H and O–H groups in total. The van der Waals surface area contributed by atoms with Gasteiger partial charge in [-0.1, -0.05) is 11.6 Å². The van der Waals surface area contributed by atoms with Gasteiger partial charge in [0.05, 0.1) is 5.56 Å². The molecule has 0 aromatic heterocycles. The molecule has 3 rings (SSSR count). The van der Waals surface area contributed by atoms with E-state index in [2.05, 4.69) is 0 Å². The van der Waals surface area contributed by atoms with Gasteiger partial charge in [0.1, 0.15) is 17.4 Å². The van der Waals surface area contributed by atoms with Crippen LogP contribution in [0.2, 0.25) is 5.02 Å². The summed E-state index contributed by atoms with van der Waals surface area (Å²) in [6.45, 7) is 2.79. The second-order valence-electron chi connectivity index (χ2n) is 6.46. The number of amides is 2. The van der Waals surface area contributed by atoms with E-state index in [-0.39, 0.29) is 24.6 Å². The summed E-state index contributed by atoms with van der Waals surface area (Å²) in [7, 11) is 0. The number of hydrogen-bond donors (Lipinski definition) is 0. The maximum Gasteiger partial charge on any atom is 0.263 e. The summed E-state index contributed by atoms with van der Waals surface area (Å²) in [5.41, 5.74) is -0.180. The lowest BCUT2D eigenvalue weighted by atomic mass is 10.1. The highest BCUT2D eigenvalue weighted by Crippen LogP contribution is 2.18. The number of piperazine rings is 1. The highest BCUT2D eigenvalue weighted by atomic mass is 35.5. The lowest BCUT2D eigenvalue weighted by Gasteiger charge is -2.36. The van der Waals surface area contributed by atoms with Crippen molar-refractivity contribution in [2.24, 2.45) is 0 Å². The smallest absolute Gasteiger partial charge is 0.263 e. The Bertz CT molecular complexity index is 868. The molecular formula is C20H19ClF2N2O3. The second kappa shape index (κ2) is 8.56. The van der Waals surface area contributed by atoms with Crippen LogP contribution < -0.4 is 4.74 Å². The van der Waals surface area contributed by atoms with E-state index in [9.17, 15) is 18.4 Å². The van der Waals surface area contributed by atoms with Crippen LogP contribution in [0.4, 0.5) is 8.78 Å². The third kappa shape index (κ3) is 4.59. The Kier molecular flexibility index (Phi) is 6.14. The Morgan fingerprint density at radius 2 is 1.61 bits per heavy atom. The molecule has 2 aromatic carbocycles. The zero-order valence-electron chi connectivity index (χ0n) is 15.2. The van der Waals surface area contributed by atoms with Gasteiger partial charge in [-0.05, 0) is 43.3 Å². The molecule has 1 heterocycles. The van der Waals surface area contributed by atoms with E-state index in [1.54, 1.807) is 36.1 Å². The average molecular weight is 409 g/mol. The van der Waals surface area contributed by atoms with Crippen LogP contribution in [0.25, 0.3) is 0 Å². The number of hydrogen-bond acceptors (Lipinski definition) is 3. The van der Waals surface area contributed by atoms with Gasteiger partial charge < -0.3 is 14.5 Å². The summed E-state index contributed by atoms with van der Waals surface area (Å²) in [5, 5.41) is 0.574. The number of benzene rings is 2. The molecule has 1 unspecified atom stereocenters. The van der Waals surface area contributed by atoms with Crippen LogP contribution in [0.3, 0.4) is 0 Å². The van der Waals surface area contributed by atoms with E-state index in [1.165, 1.54) is 4.90 Å². The number of nitrogens with zero attached hydrogens (tertiary/aromatic N) is 2. The Labute approximate surface area is 166 Å². The monoisotopic (exact) mass is 408 g/mol. The maximum atomic E-state index is 13.8. The van der Waals surface area contributed by atoms with Gasteiger partial charge in [0.25, 0.3) is 11.8 Å². The van der Waals surface area contributed by atoms with Crippen molar-refractivity contribution in [3.63, 3.8) is 0 Å². The molecule has 1 saturated heterocycles. The first-order valence-corrected chi connectivity index (χ1v) is 9.18. The number of rotatable bonds is 4. The molecule has 0 radical (unpaired) electrons. The standard InChI is InChI=1S/C20H19ClF2N2O3/c1-13(28-16-5-2-14(21)3-6-16)19(26)24-8-10-25(11-9-24)20(27)17-7-4-15(22)12-18(17)23/h2-7,12-13H,8-11H2,1H3.